The molecule has 1 atom stereocenters. The van der Waals surface area contributed by atoms with Gasteiger partial charge in [0.2, 0.25) is 0 Å². The topological polar surface area (TPSA) is 49.8 Å². The number of para-hydroxylation sites is 1. The van der Waals surface area contributed by atoms with E-state index in [1.54, 1.807) is 12.1 Å². The summed E-state index contributed by atoms with van der Waals surface area (Å²) >= 11 is 0. The molecule has 1 heterocycles. The van der Waals surface area contributed by atoms with E-state index in [1.807, 2.05) is 18.2 Å². The van der Waals surface area contributed by atoms with E-state index in [9.17, 15) is 9.18 Å². The molecule has 0 radical (unpaired) electrons. The molecule has 0 fully saturated rings. The molecule has 1 aliphatic rings. The summed E-state index contributed by atoms with van der Waals surface area (Å²) in [6, 6.07) is 11.8. The molecule has 108 valence electrons. The van der Waals surface area contributed by atoms with Crippen LogP contribution in [0, 0.1) is 5.82 Å². The zero-order valence-corrected chi connectivity index (χ0v) is 11.4. The van der Waals surface area contributed by atoms with Crippen LogP contribution >= 0.6 is 0 Å². The number of carbonyl (C=O) groups is 1. The van der Waals surface area contributed by atoms with Crippen LogP contribution in [0.4, 0.5) is 9.18 Å². The average molecular weight is 287 g/mol. The summed E-state index contributed by atoms with van der Waals surface area (Å²) in [6.45, 7) is 0. The fraction of sp³-hybridized carbons (Fsp3) is 0.188. The molecule has 3 rings (SSSR count). The number of amides is 1. The summed E-state index contributed by atoms with van der Waals surface area (Å²) in [5.74, 6) is 0.373. The third-order valence-electron chi connectivity index (χ3n) is 3.63. The minimum atomic E-state index is -1.03. The van der Waals surface area contributed by atoms with E-state index < -0.39 is 12.3 Å². The monoisotopic (exact) mass is 287 g/mol. The number of halogens is 1. The Kier molecular flexibility index (Phi) is 3.25. The van der Waals surface area contributed by atoms with Crippen LogP contribution in [0.5, 0.6) is 5.75 Å². The van der Waals surface area contributed by atoms with Crippen LogP contribution in [0.15, 0.2) is 42.5 Å². The van der Waals surface area contributed by atoms with E-state index in [0.717, 1.165) is 21.6 Å². The molecule has 4 nitrogen and oxygen atoms in total. The molecule has 1 unspecified atom stereocenters. The molecule has 2 aromatic carbocycles. The van der Waals surface area contributed by atoms with Crippen LogP contribution in [-0.2, 0) is 6.42 Å². The SMILES string of the molecule is CN(C(=O)O)C1Cc2cccc(-c3ccc(F)cc3)c2O1. The Morgan fingerprint density at radius 2 is 2.00 bits per heavy atom. The molecule has 2 aromatic rings. The summed E-state index contributed by atoms with van der Waals surface area (Å²) in [6.07, 6.45) is -1.05. The molecule has 1 N–H and O–H groups in total. The van der Waals surface area contributed by atoms with Crippen LogP contribution in [0.3, 0.4) is 0 Å². The van der Waals surface area contributed by atoms with Crippen molar-refractivity contribution < 1.29 is 19.0 Å². The van der Waals surface area contributed by atoms with Gasteiger partial charge in [-0.05, 0) is 17.7 Å². The first-order valence-electron chi connectivity index (χ1n) is 6.56. The van der Waals surface area contributed by atoms with Gasteiger partial charge in [-0.3, -0.25) is 4.90 Å². The highest BCUT2D eigenvalue weighted by Gasteiger charge is 2.30. The van der Waals surface area contributed by atoms with Gasteiger partial charge in [0.05, 0.1) is 0 Å². The maximum atomic E-state index is 13.0. The zero-order valence-electron chi connectivity index (χ0n) is 11.4. The van der Waals surface area contributed by atoms with Crippen LogP contribution < -0.4 is 4.74 Å². The standard InChI is InChI=1S/C16H14FNO3/c1-18(16(19)20)14-9-11-3-2-4-13(15(11)21-14)10-5-7-12(17)8-6-10/h2-8,14H,9H2,1H3,(H,19,20). The number of fused-ring (bicyclic) bond motifs is 1. The first-order valence-corrected chi connectivity index (χ1v) is 6.56. The molecule has 21 heavy (non-hydrogen) atoms. The van der Waals surface area contributed by atoms with E-state index in [-0.39, 0.29) is 5.82 Å². The molecule has 0 saturated heterocycles. The fourth-order valence-corrected chi connectivity index (χ4v) is 2.45. The van der Waals surface area contributed by atoms with Gasteiger partial charge in [0, 0.05) is 24.6 Å². The van der Waals surface area contributed by atoms with Crippen molar-refractivity contribution in [2.45, 2.75) is 12.6 Å². The molecule has 1 amide bonds. The Labute approximate surface area is 121 Å². The number of rotatable bonds is 2. The smallest absolute Gasteiger partial charge is 0.409 e. The van der Waals surface area contributed by atoms with Gasteiger partial charge in [0.1, 0.15) is 11.6 Å². The second-order valence-electron chi connectivity index (χ2n) is 4.97. The number of hydrogen-bond acceptors (Lipinski definition) is 2. The minimum Gasteiger partial charge on any atom is -0.469 e. The van der Waals surface area contributed by atoms with E-state index in [2.05, 4.69) is 0 Å². The van der Waals surface area contributed by atoms with Gasteiger partial charge in [0.25, 0.3) is 0 Å². The van der Waals surface area contributed by atoms with Crippen molar-refractivity contribution in [2.24, 2.45) is 0 Å². The second-order valence-corrected chi connectivity index (χ2v) is 4.97. The van der Waals surface area contributed by atoms with Gasteiger partial charge in [-0.15, -0.1) is 0 Å². The van der Waals surface area contributed by atoms with Gasteiger partial charge in [-0.25, -0.2) is 9.18 Å². The number of nitrogens with zero attached hydrogens (tertiary/aromatic N) is 1. The van der Waals surface area contributed by atoms with Gasteiger partial charge in [-0.1, -0.05) is 30.3 Å². The van der Waals surface area contributed by atoms with Crippen molar-refractivity contribution in [3.05, 3.63) is 53.8 Å². The average Bonchev–Trinajstić information content (AvgIpc) is 2.91. The quantitative estimate of drug-likeness (QED) is 0.921. The number of benzene rings is 2. The summed E-state index contributed by atoms with van der Waals surface area (Å²) in [4.78, 5) is 12.2. The van der Waals surface area contributed by atoms with Crippen molar-refractivity contribution in [1.29, 1.82) is 0 Å². The zero-order chi connectivity index (χ0) is 15.0. The Hall–Kier alpha value is -2.56. The second kappa shape index (κ2) is 5.09. The lowest BCUT2D eigenvalue weighted by Gasteiger charge is -2.21. The molecule has 0 aromatic heterocycles. The third kappa shape index (κ3) is 2.42. The lowest BCUT2D eigenvalue weighted by atomic mass is 10.0. The number of likely N-dealkylation sites (N-methyl/N-ethyl adjacent to an activating group) is 1. The lowest BCUT2D eigenvalue weighted by molar-refractivity contribution is 0.0610. The number of carboxylic acid groups (broad SMARTS) is 1. The molecule has 0 saturated carbocycles. The van der Waals surface area contributed by atoms with E-state index in [1.165, 1.54) is 19.2 Å². The van der Waals surface area contributed by atoms with E-state index >= 15 is 0 Å². The molecule has 5 heteroatoms. The minimum absolute atomic E-state index is 0.296. The van der Waals surface area contributed by atoms with Crippen molar-refractivity contribution in [3.8, 4) is 16.9 Å². The summed E-state index contributed by atoms with van der Waals surface area (Å²) in [5.41, 5.74) is 2.63. The number of hydrogen-bond donors (Lipinski definition) is 1. The van der Waals surface area contributed by atoms with E-state index in [0.29, 0.717) is 12.2 Å². The maximum Gasteiger partial charge on any atom is 0.409 e. The summed E-state index contributed by atoms with van der Waals surface area (Å²) < 4.78 is 18.8. The van der Waals surface area contributed by atoms with Crippen LogP contribution in [0.2, 0.25) is 0 Å². The fourth-order valence-electron chi connectivity index (χ4n) is 2.45. The number of ether oxygens (including phenoxy) is 1. The van der Waals surface area contributed by atoms with Crippen LogP contribution in [-0.4, -0.2) is 29.4 Å². The normalized spacial score (nSPS) is 16.2. The predicted molar refractivity (Wildman–Crippen MR) is 75.7 cm³/mol. The van der Waals surface area contributed by atoms with Gasteiger partial charge in [-0.2, -0.15) is 0 Å². The first-order chi connectivity index (χ1) is 10.1. The van der Waals surface area contributed by atoms with Gasteiger partial charge >= 0.3 is 6.09 Å². The van der Waals surface area contributed by atoms with Crippen molar-refractivity contribution >= 4 is 6.09 Å². The Balaban J connectivity index is 1.96. The molecular formula is C16H14FNO3. The highest BCUT2D eigenvalue weighted by Crippen LogP contribution is 2.39. The van der Waals surface area contributed by atoms with Gasteiger partial charge < -0.3 is 9.84 Å². The van der Waals surface area contributed by atoms with Crippen LogP contribution in [0.1, 0.15) is 5.56 Å². The Bertz CT molecular complexity index is 684. The first kappa shape index (κ1) is 13.4. The Morgan fingerprint density at radius 3 is 2.67 bits per heavy atom. The molecular weight excluding hydrogens is 273 g/mol. The van der Waals surface area contributed by atoms with Crippen molar-refractivity contribution in [1.82, 2.24) is 4.90 Å². The maximum absolute atomic E-state index is 13.0. The summed E-state index contributed by atoms with van der Waals surface area (Å²) in [5, 5.41) is 9.04. The molecule has 0 spiro atoms. The molecule has 1 aliphatic heterocycles. The van der Waals surface area contributed by atoms with Crippen LogP contribution in [0.25, 0.3) is 11.1 Å². The van der Waals surface area contributed by atoms with Gasteiger partial charge in [0.15, 0.2) is 6.23 Å². The highest BCUT2D eigenvalue weighted by atomic mass is 19.1. The molecule has 0 aliphatic carbocycles. The predicted octanol–water partition coefficient (Wildman–Crippen LogP) is 3.36. The highest BCUT2D eigenvalue weighted by molar-refractivity contribution is 5.73. The van der Waals surface area contributed by atoms with Crippen molar-refractivity contribution in [3.63, 3.8) is 0 Å². The lowest BCUT2D eigenvalue weighted by Crippen LogP contribution is -2.38. The Morgan fingerprint density at radius 1 is 1.29 bits per heavy atom. The molecule has 0 bridgehead atoms. The van der Waals surface area contributed by atoms with Crippen molar-refractivity contribution in [2.75, 3.05) is 7.05 Å². The van der Waals surface area contributed by atoms with E-state index in [4.69, 9.17) is 9.84 Å². The largest absolute Gasteiger partial charge is 0.469 e. The summed E-state index contributed by atoms with van der Waals surface area (Å²) in [7, 11) is 1.48. The third-order valence-corrected chi connectivity index (χ3v) is 3.63.